The van der Waals surface area contributed by atoms with Crippen LogP contribution in [-0.4, -0.2) is 25.0 Å². The summed E-state index contributed by atoms with van der Waals surface area (Å²) in [7, 11) is 0. The number of hydrogen-bond acceptors (Lipinski definition) is 4. The van der Waals surface area contributed by atoms with Gasteiger partial charge in [-0.1, -0.05) is 12.1 Å². The second-order valence-corrected chi connectivity index (χ2v) is 5.85. The number of ether oxygens (including phenoxy) is 2. The van der Waals surface area contributed by atoms with Crippen LogP contribution in [0.1, 0.15) is 15.9 Å². The molecule has 0 bridgehead atoms. The van der Waals surface area contributed by atoms with E-state index in [1.807, 2.05) is 0 Å². The fourth-order valence-electron chi connectivity index (χ4n) is 2.48. The van der Waals surface area contributed by atoms with Crippen LogP contribution in [0.3, 0.4) is 0 Å². The van der Waals surface area contributed by atoms with E-state index in [-0.39, 0.29) is 30.2 Å². The van der Waals surface area contributed by atoms with Gasteiger partial charge in [0.05, 0.1) is 16.8 Å². The number of amides is 2. The summed E-state index contributed by atoms with van der Waals surface area (Å²) in [6.07, 6.45) is -3.82. The first-order chi connectivity index (χ1) is 13.8. The average Bonchev–Trinajstić information content (AvgIpc) is 2.69. The first-order valence-corrected chi connectivity index (χ1v) is 8.29. The number of alkyl halides is 3. The van der Waals surface area contributed by atoms with Crippen molar-refractivity contribution in [3.05, 3.63) is 71.4 Å². The summed E-state index contributed by atoms with van der Waals surface area (Å²) in [5.41, 5.74) is -2.28. The Kier molecular flexibility index (Phi) is 5.71. The predicted molar refractivity (Wildman–Crippen MR) is 94.4 cm³/mol. The van der Waals surface area contributed by atoms with Gasteiger partial charge in [-0.05, 0) is 30.3 Å². The Morgan fingerprint density at radius 1 is 0.966 bits per heavy atom. The summed E-state index contributed by atoms with van der Waals surface area (Å²) in [5, 5.41) is 4.31. The highest BCUT2D eigenvalue weighted by Gasteiger charge is 2.35. The van der Waals surface area contributed by atoms with Gasteiger partial charge in [-0.2, -0.15) is 13.2 Å². The molecule has 1 heterocycles. The lowest BCUT2D eigenvalue weighted by atomic mass is 10.1. The maximum atomic E-state index is 13.7. The number of carbonyl (C=O) groups excluding carboxylic acids is 2. The Bertz CT molecular complexity index is 973. The van der Waals surface area contributed by atoms with Crippen LogP contribution in [0.4, 0.5) is 28.9 Å². The monoisotopic (exact) mass is 410 g/mol. The number of nitrogens with one attached hydrogen (secondary N) is 2. The topological polar surface area (TPSA) is 76.7 Å². The Morgan fingerprint density at radius 3 is 2.38 bits per heavy atom. The van der Waals surface area contributed by atoms with Crippen molar-refractivity contribution in [1.82, 2.24) is 0 Å². The summed E-state index contributed by atoms with van der Waals surface area (Å²) >= 11 is 0. The highest BCUT2D eigenvalue weighted by atomic mass is 19.4. The fourth-order valence-corrected chi connectivity index (χ4v) is 2.48. The maximum Gasteiger partial charge on any atom is 0.418 e. The second-order valence-electron chi connectivity index (χ2n) is 5.85. The van der Waals surface area contributed by atoms with Crippen molar-refractivity contribution in [3.8, 4) is 0 Å². The molecule has 1 aliphatic heterocycles. The Hall–Kier alpha value is -3.56. The SMILES string of the molecule is O=C(Nc1ccc(NC(=O)c2ccccc2F)cc1C(F)(F)F)C1=COCCO1. The lowest BCUT2D eigenvalue weighted by Gasteiger charge is -2.18. The molecule has 0 unspecified atom stereocenters. The lowest BCUT2D eigenvalue weighted by Crippen LogP contribution is -2.23. The highest BCUT2D eigenvalue weighted by Crippen LogP contribution is 2.37. The third kappa shape index (κ3) is 4.84. The molecule has 0 fully saturated rings. The van der Waals surface area contributed by atoms with E-state index in [2.05, 4.69) is 10.6 Å². The zero-order valence-electron chi connectivity index (χ0n) is 14.7. The second kappa shape index (κ2) is 8.21. The average molecular weight is 410 g/mol. The summed E-state index contributed by atoms with van der Waals surface area (Å²) in [6, 6.07) is 7.81. The normalized spacial score (nSPS) is 13.6. The molecule has 152 valence electrons. The minimum atomic E-state index is -4.83. The molecule has 3 rings (SSSR count). The molecule has 0 aliphatic carbocycles. The minimum absolute atomic E-state index is 0.0897. The van der Waals surface area contributed by atoms with Crippen LogP contribution in [0.25, 0.3) is 0 Å². The molecular formula is C19H14F4N2O4. The number of anilines is 2. The van der Waals surface area contributed by atoms with Gasteiger partial charge in [0, 0.05) is 5.69 Å². The van der Waals surface area contributed by atoms with Crippen LogP contribution < -0.4 is 10.6 Å². The number of rotatable bonds is 4. The van der Waals surface area contributed by atoms with E-state index in [9.17, 15) is 27.2 Å². The van der Waals surface area contributed by atoms with Gasteiger partial charge in [-0.15, -0.1) is 0 Å². The van der Waals surface area contributed by atoms with Crippen molar-refractivity contribution < 1.29 is 36.6 Å². The van der Waals surface area contributed by atoms with E-state index in [0.29, 0.717) is 6.07 Å². The molecule has 2 amide bonds. The van der Waals surface area contributed by atoms with Gasteiger partial charge in [0.15, 0.2) is 0 Å². The van der Waals surface area contributed by atoms with Crippen molar-refractivity contribution in [2.75, 3.05) is 23.8 Å². The highest BCUT2D eigenvalue weighted by molar-refractivity contribution is 6.05. The number of carbonyl (C=O) groups is 2. The lowest BCUT2D eigenvalue weighted by molar-refractivity contribution is -0.136. The molecule has 0 saturated heterocycles. The largest absolute Gasteiger partial charge is 0.494 e. The van der Waals surface area contributed by atoms with Gasteiger partial charge < -0.3 is 20.1 Å². The minimum Gasteiger partial charge on any atom is -0.494 e. The first-order valence-electron chi connectivity index (χ1n) is 8.29. The van der Waals surface area contributed by atoms with E-state index >= 15 is 0 Å². The van der Waals surface area contributed by atoms with E-state index in [4.69, 9.17) is 9.47 Å². The number of benzene rings is 2. The van der Waals surface area contributed by atoms with Gasteiger partial charge in [0.25, 0.3) is 11.8 Å². The van der Waals surface area contributed by atoms with E-state index in [1.54, 1.807) is 0 Å². The van der Waals surface area contributed by atoms with E-state index in [0.717, 1.165) is 24.5 Å². The molecule has 2 aromatic carbocycles. The standard InChI is InChI=1S/C19H14F4N2O4/c20-14-4-2-1-3-12(14)17(26)24-11-5-6-15(13(9-11)19(21,22)23)25-18(27)16-10-28-7-8-29-16/h1-6,9-10H,7-8H2,(H,24,26)(H,25,27). The molecule has 0 atom stereocenters. The van der Waals surface area contributed by atoms with Crippen molar-refractivity contribution in [3.63, 3.8) is 0 Å². The van der Waals surface area contributed by atoms with Crippen LogP contribution in [-0.2, 0) is 20.4 Å². The Labute approximate surface area is 162 Å². The van der Waals surface area contributed by atoms with Gasteiger partial charge in [-0.3, -0.25) is 9.59 Å². The van der Waals surface area contributed by atoms with Crippen LogP contribution in [0, 0.1) is 5.82 Å². The fraction of sp³-hybridized carbons (Fsp3) is 0.158. The van der Waals surface area contributed by atoms with Crippen LogP contribution in [0.15, 0.2) is 54.5 Å². The molecule has 2 N–H and O–H groups in total. The van der Waals surface area contributed by atoms with Crippen LogP contribution in [0.2, 0.25) is 0 Å². The van der Waals surface area contributed by atoms with Gasteiger partial charge in [-0.25, -0.2) is 4.39 Å². The Morgan fingerprint density at radius 2 is 1.72 bits per heavy atom. The van der Waals surface area contributed by atoms with Crippen molar-refractivity contribution in [1.29, 1.82) is 0 Å². The quantitative estimate of drug-likeness (QED) is 0.749. The smallest absolute Gasteiger partial charge is 0.418 e. The van der Waals surface area contributed by atoms with Crippen molar-refractivity contribution >= 4 is 23.2 Å². The molecule has 29 heavy (non-hydrogen) atoms. The molecular weight excluding hydrogens is 396 g/mol. The molecule has 0 aromatic heterocycles. The first kappa shape index (κ1) is 20.2. The molecule has 10 heteroatoms. The predicted octanol–water partition coefficient (Wildman–Crippen LogP) is 3.92. The van der Waals surface area contributed by atoms with Gasteiger partial charge in [0.2, 0.25) is 5.76 Å². The molecule has 0 saturated carbocycles. The van der Waals surface area contributed by atoms with Crippen LogP contribution >= 0.6 is 0 Å². The van der Waals surface area contributed by atoms with Crippen molar-refractivity contribution in [2.24, 2.45) is 0 Å². The van der Waals surface area contributed by atoms with E-state index in [1.165, 1.54) is 18.2 Å². The Balaban J connectivity index is 1.84. The third-order valence-corrected chi connectivity index (χ3v) is 3.82. The summed E-state index contributed by atoms with van der Waals surface area (Å²) in [5.74, 6) is -2.90. The summed E-state index contributed by atoms with van der Waals surface area (Å²) < 4.78 is 64.0. The van der Waals surface area contributed by atoms with Crippen LogP contribution in [0.5, 0.6) is 0 Å². The molecule has 1 aliphatic rings. The maximum absolute atomic E-state index is 13.7. The number of hydrogen-bond donors (Lipinski definition) is 2. The zero-order chi connectivity index (χ0) is 21.0. The number of halogens is 4. The van der Waals surface area contributed by atoms with Gasteiger partial charge >= 0.3 is 6.18 Å². The summed E-state index contributed by atoms with van der Waals surface area (Å²) in [6.45, 7) is 0.313. The molecule has 2 aromatic rings. The molecule has 0 spiro atoms. The molecule has 6 nitrogen and oxygen atoms in total. The summed E-state index contributed by atoms with van der Waals surface area (Å²) in [4.78, 5) is 24.2. The van der Waals surface area contributed by atoms with Crippen molar-refractivity contribution in [2.45, 2.75) is 6.18 Å². The van der Waals surface area contributed by atoms with Gasteiger partial charge in [0.1, 0.15) is 25.3 Å². The van der Waals surface area contributed by atoms with E-state index < -0.39 is 35.1 Å². The molecule has 0 radical (unpaired) electrons. The zero-order valence-corrected chi connectivity index (χ0v) is 14.7. The third-order valence-electron chi connectivity index (χ3n) is 3.82.